The highest BCUT2D eigenvalue weighted by atomic mass is 35.5. The Morgan fingerprint density at radius 2 is 2.15 bits per heavy atom. The average molecular weight is 392 g/mol. The van der Waals surface area contributed by atoms with E-state index in [9.17, 15) is 13.6 Å². The van der Waals surface area contributed by atoms with E-state index in [-0.39, 0.29) is 23.8 Å². The van der Waals surface area contributed by atoms with E-state index in [0.29, 0.717) is 42.9 Å². The van der Waals surface area contributed by atoms with Gasteiger partial charge in [0.2, 0.25) is 0 Å². The van der Waals surface area contributed by atoms with Crippen LogP contribution in [0.5, 0.6) is 5.75 Å². The van der Waals surface area contributed by atoms with Crippen molar-refractivity contribution >= 4 is 17.5 Å². The molecule has 0 unspecified atom stereocenters. The monoisotopic (exact) mass is 391 g/mol. The summed E-state index contributed by atoms with van der Waals surface area (Å²) in [5.41, 5.74) is 2.75. The zero-order chi connectivity index (χ0) is 19.4. The first-order chi connectivity index (χ1) is 13.0. The third-order valence-corrected chi connectivity index (χ3v) is 5.05. The van der Waals surface area contributed by atoms with Crippen molar-refractivity contribution < 1.29 is 18.3 Å². The molecule has 2 aromatic carbocycles. The molecular formula is C21H20ClF2NO2. The van der Waals surface area contributed by atoms with Crippen LogP contribution >= 0.6 is 11.6 Å². The van der Waals surface area contributed by atoms with E-state index in [2.05, 4.69) is 0 Å². The summed E-state index contributed by atoms with van der Waals surface area (Å²) in [5.74, 6) is -0.894. The number of hydrogen-bond donors (Lipinski definition) is 0. The number of carbonyl (C=O) groups excluding carboxylic acids is 1. The summed E-state index contributed by atoms with van der Waals surface area (Å²) in [5, 5.41) is 0.709. The van der Waals surface area contributed by atoms with Crippen molar-refractivity contribution in [1.29, 1.82) is 0 Å². The van der Waals surface area contributed by atoms with Gasteiger partial charge in [0.1, 0.15) is 6.61 Å². The van der Waals surface area contributed by atoms with Crippen molar-refractivity contribution in [3.05, 3.63) is 75.8 Å². The molecule has 0 saturated heterocycles. The Bertz CT molecular complexity index is 882. The zero-order valence-corrected chi connectivity index (χ0v) is 15.7. The highest BCUT2D eigenvalue weighted by molar-refractivity contribution is 6.31. The Hall–Kier alpha value is -2.40. The lowest BCUT2D eigenvalue weighted by molar-refractivity contribution is 0.0734. The molecule has 0 spiro atoms. The van der Waals surface area contributed by atoms with Crippen molar-refractivity contribution in [2.75, 3.05) is 13.2 Å². The standard InChI is InChI=1S/C21H20ClF2NO2/c1-2-14(11-23)13-27-20-7-6-15(10-19(20)24)21(26)25-9-8-17-16(12-25)4-3-5-18(17)22/h3-7,10-11H,2,8-9,12-13H2,1H3. The first-order valence-corrected chi connectivity index (χ1v) is 9.17. The van der Waals surface area contributed by atoms with Crippen molar-refractivity contribution in [3.8, 4) is 5.75 Å². The van der Waals surface area contributed by atoms with Crippen molar-refractivity contribution in [2.45, 2.75) is 26.3 Å². The van der Waals surface area contributed by atoms with Gasteiger partial charge in [0.15, 0.2) is 11.6 Å². The van der Waals surface area contributed by atoms with Crippen LogP contribution in [0.3, 0.4) is 0 Å². The Morgan fingerprint density at radius 3 is 2.85 bits per heavy atom. The molecule has 0 aromatic heterocycles. The van der Waals surface area contributed by atoms with Crippen LogP contribution in [-0.4, -0.2) is 24.0 Å². The Labute approximate surface area is 162 Å². The van der Waals surface area contributed by atoms with Gasteiger partial charge in [-0.1, -0.05) is 30.7 Å². The van der Waals surface area contributed by atoms with Gasteiger partial charge in [-0.05, 0) is 53.8 Å². The Balaban J connectivity index is 1.71. The molecule has 0 atom stereocenters. The number of ether oxygens (including phenoxy) is 1. The van der Waals surface area contributed by atoms with Crippen LogP contribution in [0, 0.1) is 5.82 Å². The molecule has 0 saturated carbocycles. The lowest BCUT2D eigenvalue weighted by Gasteiger charge is -2.29. The van der Waals surface area contributed by atoms with Crippen molar-refractivity contribution in [1.82, 2.24) is 4.90 Å². The molecule has 1 amide bonds. The van der Waals surface area contributed by atoms with Crippen LogP contribution in [0.4, 0.5) is 8.78 Å². The lowest BCUT2D eigenvalue weighted by atomic mass is 9.99. The molecule has 6 heteroatoms. The number of fused-ring (bicyclic) bond motifs is 1. The molecule has 0 bridgehead atoms. The van der Waals surface area contributed by atoms with E-state index in [0.717, 1.165) is 17.2 Å². The molecule has 1 heterocycles. The van der Waals surface area contributed by atoms with Crippen molar-refractivity contribution in [2.24, 2.45) is 0 Å². The first-order valence-electron chi connectivity index (χ1n) is 8.79. The van der Waals surface area contributed by atoms with Gasteiger partial charge in [0, 0.05) is 23.7 Å². The molecule has 2 aromatic rings. The Morgan fingerprint density at radius 1 is 1.33 bits per heavy atom. The molecule has 0 aliphatic carbocycles. The van der Waals surface area contributed by atoms with Crippen LogP contribution in [0.1, 0.15) is 34.8 Å². The maximum absolute atomic E-state index is 14.3. The van der Waals surface area contributed by atoms with Crippen LogP contribution < -0.4 is 4.74 Å². The number of benzene rings is 2. The SMILES string of the molecule is CCC(=CF)COc1ccc(C(=O)N2CCc3c(Cl)cccc3C2)cc1F. The maximum atomic E-state index is 14.3. The summed E-state index contributed by atoms with van der Waals surface area (Å²) in [7, 11) is 0. The smallest absolute Gasteiger partial charge is 0.254 e. The highest BCUT2D eigenvalue weighted by Gasteiger charge is 2.23. The van der Waals surface area contributed by atoms with Gasteiger partial charge in [0.05, 0.1) is 6.33 Å². The molecule has 0 N–H and O–H groups in total. The van der Waals surface area contributed by atoms with Crippen LogP contribution in [0.15, 0.2) is 48.3 Å². The fourth-order valence-electron chi connectivity index (χ4n) is 3.05. The van der Waals surface area contributed by atoms with E-state index in [4.69, 9.17) is 16.3 Å². The molecular weight excluding hydrogens is 372 g/mol. The van der Waals surface area contributed by atoms with Gasteiger partial charge in [-0.15, -0.1) is 0 Å². The second-order valence-electron chi connectivity index (χ2n) is 6.41. The summed E-state index contributed by atoms with van der Waals surface area (Å²) in [6.07, 6.45) is 1.62. The molecule has 142 valence electrons. The predicted molar refractivity (Wildman–Crippen MR) is 101 cm³/mol. The van der Waals surface area contributed by atoms with E-state index in [1.807, 2.05) is 18.2 Å². The predicted octanol–water partition coefficient (Wildman–Crippen LogP) is 5.32. The Kier molecular flexibility index (Phi) is 6.11. The molecule has 3 rings (SSSR count). The molecule has 0 radical (unpaired) electrons. The van der Waals surface area contributed by atoms with Gasteiger partial charge in [-0.3, -0.25) is 4.79 Å². The molecule has 27 heavy (non-hydrogen) atoms. The number of halogens is 3. The fraction of sp³-hybridized carbons (Fsp3) is 0.286. The fourth-order valence-corrected chi connectivity index (χ4v) is 3.34. The zero-order valence-electron chi connectivity index (χ0n) is 15.0. The minimum Gasteiger partial charge on any atom is -0.486 e. The molecule has 3 nitrogen and oxygen atoms in total. The lowest BCUT2D eigenvalue weighted by Crippen LogP contribution is -2.36. The second-order valence-corrected chi connectivity index (χ2v) is 6.82. The summed E-state index contributed by atoms with van der Waals surface area (Å²) >= 11 is 6.20. The third kappa shape index (κ3) is 4.30. The van der Waals surface area contributed by atoms with E-state index >= 15 is 0 Å². The highest BCUT2D eigenvalue weighted by Crippen LogP contribution is 2.27. The molecule has 1 aliphatic rings. The van der Waals surface area contributed by atoms with Crippen LogP contribution in [0.2, 0.25) is 5.02 Å². The van der Waals surface area contributed by atoms with Crippen LogP contribution in [-0.2, 0) is 13.0 Å². The number of amides is 1. The average Bonchev–Trinajstić information content (AvgIpc) is 2.69. The first kappa shape index (κ1) is 19.4. The number of carbonyl (C=O) groups is 1. The minimum absolute atomic E-state index is 0.00452. The largest absolute Gasteiger partial charge is 0.486 e. The molecule has 0 fully saturated rings. The van der Waals surface area contributed by atoms with Gasteiger partial charge in [-0.2, -0.15) is 0 Å². The number of nitrogens with zero attached hydrogens (tertiary/aromatic N) is 1. The number of hydrogen-bond acceptors (Lipinski definition) is 2. The third-order valence-electron chi connectivity index (χ3n) is 4.70. The van der Waals surface area contributed by atoms with E-state index in [1.165, 1.54) is 12.1 Å². The summed E-state index contributed by atoms with van der Waals surface area (Å²) in [6, 6.07) is 9.74. The second kappa shape index (κ2) is 8.53. The minimum atomic E-state index is -0.643. The van der Waals surface area contributed by atoms with Gasteiger partial charge in [0.25, 0.3) is 5.91 Å². The molecule has 1 aliphatic heterocycles. The topological polar surface area (TPSA) is 29.5 Å². The van der Waals surface area contributed by atoms with Crippen molar-refractivity contribution in [3.63, 3.8) is 0 Å². The van der Waals surface area contributed by atoms with Gasteiger partial charge >= 0.3 is 0 Å². The number of rotatable bonds is 5. The van der Waals surface area contributed by atoms with E-state index < -0.39 is 5.82 Å². The quantitative estimate of drug-likeness (QED) is 0.690. The summed E-state index contributed by atoms with van der Waals surface area (Å²) in [4.78, 5) is 14.4. The normalized spacial score (nSPS) is 14.1. The van der Waals surface area contributed by atoms with Gasteiger partial charge in [-0.25, -0.2) is 8.78 Å². The van der Waals surface area contributed by atoms with Gasteiger partial charge < -0.3 is 9.64 Å². The van der Waals surface area contributed by atoms with Crippen LogP contribution in [0.25, 0.3) is 0 Å². The summed E-state index contributed by atoms with van der Waals surface area (Å²) < 4.78 is 32.2. The summed E-state index contributed by atoms with van der Waals surface area (Å²) in [6.45, 7) is 2.73. The van der Waals surface area contributed by atoms with E-state index in [1.54, 1.807) is 11.8 Å². The maximum Gasteiger partial charge on any atom is 0.254 e.